The van der Waals surface area contributed by atoms with Crippen molar-refractivity contribution in [1.82, 2.24) is 0 Å². The fourth-order valence-electron chi connectivity index (χ4n) is 1.45. The molecule has 0 saturated carbocycles. The molecule has 0 atom stereocenters. The molecule has 0 saturated heterocycles. The van der Waals surface area contributed by atoms with Crippen molar-refractivity contribution in [2.45, 2.75) is 6.92 Å². The molecule has 1 N–H and O–H groups in total. The van der Waals surface area contributed by atoms with E-state index in [2.05, 4.69) is 4.74 Å². The molecule has 0 heterocycles. The summed E-state index contributed by atoms with van der Waals surface area (Å²) in [6, 6.07) is 1.08. The molecule has 1 aromatic rings. The number of non-ortho nitro benzene ring substituents is 1. The highest BCUT2D eigenvalue weighted by Gasteiger charge is 2.32. The zero-order valence-electron chi connectivity index (χ0n) is 10.1. The van der Waals surface area contributed by atoms with Crippen LogP contribution in [0.4, 0.5) is 11.4 Å². The van der Waals surface area contributed by atoms with Crippen LogP contribution in [0.5, 0.6) is 0 Å². The van der Waals surface area contributed by atoms with Crippen LogP contribution in [0.1, 0.15) is 27.6 Å². The first kappa shape index (κ1) is 15.0. The van der Waals surface area contributed by atoms with E-state index in [0.717, 1.165) is 0 Å². The zero-order chi connectivity index (χ0) is 15.4. The molecule has 1 aromatic carbocycles. The lowest BCUT2D eigenvalue weighted by molar-refractivity contribution is -0.394. The molecule has 0 aliphatic rings. The molecule has 1 rings (SSSR count). The molecule has 0 spiro atoms. The summed E-state index contributed by atoms with van der Waals surface area (Å²) in [6.07, 6.45) is 0. The minimum Gasteiger partial charge on any atom is -0.478 e. The second-order valence-corrected chi connectivity index (χ2v) is 3.43. The number of carboxylic acid groups (broad SMARTS) is 1. The Kier molecular flexibility index (Phi) is 4.31. The highest BCUT2D eigenvalue weighted by Crippen LogP contribution is 2.29. The summed E-state index contributed by atoms with van der Waals surface area (Å²) in [4.78, 5) is 42.1. The Labute approximate surface area is 110 Å². The van der Waals surface area contributed by atoms with Gasteiger partial charge in [0.2, 0.25) is 0 Å². The first-order chi connectivity index (χ1) is 9.29. The molecule has 10 nitrogen and oxygen atoms in total. The van der Waals surface area contributed by atoms with Gasteiger partial charge in [-0.2, -0.15) is 0 Å². The molecule has 0 radical (unpaired) electrons. The minimum absolute atomic E-state index is 0.133. The number of nitrogens with zero attached hydrogens (tertiary/aromatic N) is 2. The third kappa shape index (κ3) is 2.85. The van der Waals surface area contributed by atoms with Gasteiger partial charge in [-0.1, -0.05) is 0 Å². The molecule has 20 heavy (non-hydrogen) atoms. The molecular weight excluding hydrogens is 276 g/mol. The second kappa shape index (κ2) is 5.73. The maximum Gasteiger partial charge on any atom is 0.346 e. The molecule has 0 amide bonds. The van der Waals surface area contributed by atoms with Crippen molar-refractivity contribution in [2.24, 2.45) is 0 Å². The Hall–Kier alpha value is -3.04. The number of carboxylic acids is 1. The summed E-state index contributed by atoms with van der Waals surface area (Å²) in [6.45, 7) is 1.29. The van der Waals surface area contributed by atoms with Crippen LogP contribution < -0.4 is 0 Å². The maximum atomic E-state index is 11.6. The molecule has 0 aromatic heterocycles. The van der Waals surface area contributed by atoms with E-state index >= 15 is 0 Å². The van der Waals surface area contributed by atoms with Crippen molar-refractivity contribution in [2.75, 3.05) is 6.61 Å². The molecule has 0 unspecified atom stereocenters. The number of carbonyl (C=O) groups is 2. The molecule has 0 fully saturated rings. The zero-order valence-corrected chi connectivity index (χ0v) is 10.1. The number of carbonyl (C=O) groups excluding carboxylic acids is 1. The van der Waals surface area contributed by atoms with Gasteiger partial charge in [-0.05, 0) is 6.92 Å². The van der Waals surface area contributed by atoms with Crippen molar-refractivity contribution < 1.29 is 29.3 Å². The first-order valence-corrected chi connectivity index (χ1v) is 5.16. The first-order valence-electron chi connectivity index (χ1n) is 5.16. The lowest BCUT2D eigenvalue weighted by atomic mass is 10.0. The number of benzene rings is 1. The Morgan fingerprint density at radius 1 is 1.25 bits per heavy atom. The molecule has 0 bridgehead atoms. The van der Waals surface area contributed by atoms with Gasteiger partial charge in [0.15, 0.2) is 5.56 Å². The van der Waals surface area contributed by atoms with Gasteiger partial charge in [-0.25, -0.2) is 9.59 Å². The van der Waals surface area contributed by atoms with Crippen molar-refractivity contribution in [3.8, 4) is 0 Å². The van der Waals surface area contributed by atoms with Gasteiger partial charge >= 0.3 is 11.9 Å². The summed E-state index contributed by atoms with van der Waals surface area (Å²) in [7, 11) is 0. The van der Waals surface area contributed by atoms with Gasteiger partial charge in [-0.3, -0.25) is 20.2 Å². The van der Waals surface area contributed by atoms with E-state index in [1.807, 2.05) is 0 Å². The molecule has 10 heteroatoms. The van der Waals surface area contributed by atoms with Crippen LogP contribution in [-0.2, 0) is 4.74 Å². The molecule has 106 valence electrons. The van der Waals surface area contributed by atoms with Crippen LogP contribution in [0.2, 0.25) is 0 Å². The van der Waals surface area contributed by atoms with Gasteiger partial charge in [0.25, 0.3) is 11.4 Å². The van der Waals surface area contributed by atoms with Crippen molar-refractivity contribution >= 4 is 23.3 Å². The highest BCUT2D eigenvalue weighted by molar-refractivity contribution is 6.06. The SMILES string of the molecule is CCOC(=O)c1c(C(=O)O)cc([N+](=O)[O-])cc1[N+](=O)[O-]. The lowest BCUT2D eigenvalue weighted by Crippen LogP contribution is -2.15. The number of rotatable bonds is 5. The van der Waals surface area contributed by atoms with Crippen LogP contribution in [-0.4, -0.2) is 33.5 Å². The summed E-state index contributed by atoms with van der Waals surface area (Å²) in [5.41, 5.74) is -3.48. The monoisotopic (exact) mass is 284 g/mol. The number of esters is 1. The average molecular weight is 284 g/mol. The van der Waals surface area contributed by atoms with E-state index in [4.69, 9.17) is 5.11 Å². The van der Waals surface area contributed by atoms with Gasteiger partial charge < -0.3 is 9.84 Å². The Balaban J connectivity index is 3.68. The Morgan fingerprint density at radius 3 is 2.25 bits per heavy atom. The molecule has 0 aliphatic carbocycles. The number of aromatic carboxylic acids is 1. The third-order valence-corrected chi connectivity index (χ3v) is 2.22. The maximum absolute atomic E-state index is 11.6. The number of nitro groups is 2. The van der Waals surface area contributed by atoms with E-state index in [1.54, 1.807) is 0 Å². The lowest BCUT2D eigenvalue weighted by Gasteiger charge is -2.06. The van der Waals surface area contributed by atoms with Gasteiger partial charge in [0, 0.05) is 6.07 Å². The predicted octanol–water partition coefficient (Wildman–Crippen LogP) is 1.38. The standard InChI is InChI=1S/C10H8N2O8/c1-2-20-10(15)8-6(9(13)14)3-5(11(16)17)4-7(8)12(18)19/h3-4H,2H2,1H3,(H,13,14). The third-order valence-electron chi connectivity index (χ3n) is 2.22. The van der Waals surface area contributed by atoms with E-state index in [1.165, 1.54) is 6.92 Å². The normalized spacial score (nSPS) is 9.85. The predicted molar refractivity (Wildman–Crippen MR) is 62.7 cm³/mol. The number of hydrogen-bond acceptors (Lipinski definition) is 7. The second-order valence-electron chi connectivity index (χ2n) is 3.43. The van der Waals surface area contributed by atoms with Crippen LogP contribution in [0, 0.1) is 20.2 Å². The summed E-state index contributed by atoms with van der Waals surface area (Å²) < 4.78 is 4.53. The quantitative estimate of drug-likeness (QED) is 0.483. The topological polar surface area (TPSA) is 150 Å². The fraction of sp³-hybridized carbons (Fsp3) is 0.200. The van der Waals surface area contributed by atoms with Gasteiger partial charge in [0.05, 0.1) is 28.1 Å². The number of hydrogen-bond donors (Lipinski definition) is 1. The van der Waals surface area contributed by atoms with Crippen molar-refractivity contribution in [3.63, 3.8) is 0 Å². The van der Waals surface area contributed by atoms with E-state index in [-0.39, 0.29) is 6.61 Å². The van der Waals surface area contributed by atoms with Crippen LogP contribution in [0.15, 0.2) is 12.1 Å². The van der Waals surface area contributed by atoms with Crippen molar-refractivity contribution in [1.29, 1.82) is 0 Å². The van der Waals surface area contributed by atoms with E-state index in [0.29, 0.717) is 12.1 Å². The van der Waals surface area contributed by atoms with Crippen LogP contribution in [0.3, 0.4) is 0 Å². The summed E-state index contributed by atoms with van der Waals surface area (Å²) >= 11 is 0. The molecule has 0 aliphatic heterocycles. The largest absolute Gasteiger partial charge is 0.478 e. The smallest absolute Gasteiger partial charge is 0.346 e. The van der Waals surface area contributed by atoms with E-state index in [9.17, 15) is 29.8 Å². The van der Waals surface area contributed by atoms with Gasteiger partial charge in [-0.15, -0.1) is 0 Å². The van der Waals surface area contributed by atoms with Gasteiger partial charge in [0.1, 0.15) is 0 Å². The summed E-state index contributed by atoms with van der Waals surface area (Å²) in [5.74, 6) is -2.94. The Morgan fingerprint density at radius 2 is 1.85 bits per heavy atom. The number of nitro benzene ring substituents is 2. The minimum atomic E-state index is -1.71. The van der Waals surface area contributed by atoms with Crippen molar-refractivity contribution in [3.05, 3.63) is 43.5 Å². The fourth-order valence-corrected chi connectivity index (χ4v) is 1.45. The van der Waals surface area contributed by atoms with Crippen LogP contribution >= 0.6 is 0 Å². The Bertz CT molecular complexity index is 574. The average Bonchev–Trinajstić information content (AvgIpc) is 2.36. The number of ether oxygens (including phenoxy) is 1. The highest BCUT2D eigenvalue weighted by atomic mass is 16.6. The summed E-state index contributed by atoms with van der Waals surface area (Å²) in [5, 5.41) is 30.4. The van der Waals surface area contributed by atoms with E-state index < -0.39 is 44.3 Å². The van der Waals surface area contributed by atoms with Crippen LogP contribution in [0.25, 0.3) is 0 Å². The molecular formula is C10H8N2O8.